The van der Waals surface area contributed by atoms with Crippen LogP contribution < -0.4 is 0 Å². The van der Waals surface area contributed by atoms with E-state index in [9.17, 15) is 4.79 Å². The zero-order valence-electron chi connectivity index (χ0n) is 17.5. The van der Waals surface area contributed by atoms with E-state index in [2.05, 4.69) is 59.9 Å². The van der Waals surface area contributed by atoms with Gasteiger partial charge in [0.15, 0.2) is 0 Å². The van der Waals surface area contributed by atoms with Gasteiger partial charge < -0.3 is 4.74 Å². The van der Waals surface area contributed by atoms with Crippen LogP contribution in [0.5, 0.6) is 0 Å². The molecule has 0 unspecified atom stereocenters. The van der Waals surface area contributed by atoms with Gasteiger partial charge in [-0.05, 0) is 42.7 Å². The van der Waals surface area contributed by atoms with Gasteiger partial charge in [-0.25, -0.2) is 9.78 Å². The summed E-state index contributed by atoms with van der Waals surface area (Å²) in [5.74, 6) is -0.357. The van der Waals surface area contributed by atoms with Crippen molar-refractivity contribution in [3.8, 4) is 11.3 Å². The number of hydrogen-bond acceptors (Lipinski definition) is 5. The van der Waals surface area contributed by atoms with Gasteiger partial charge in [-0.3, -0.25) is 4.68 Å². The first-order valence-electron chi connectivity index (χ1n) is 10.1. The Labute approximate surface area is 185 Å². The molecule has 0 aliphatic heterocycles. The average Bonchev–Trinajstić information content (AvgIpc) is 3.43. The van der Waals surface area contributed by atoms with Crippen LogP contribution in [0, 0.1) is 6.92 Å². The first-order chi connectivity index (χ1) is 15.1. The summed E-state index contributed by atoms with van der Waals surface area (Å²) >= 11 is 1.58. The Balaban J connectivity index is 1.50. The zero-order chi connectivity index (χ0) is 21.6. The SMILES string of the molecule is CCOC(=O)c1cnn(Cc2nc(-c3cc(C)cc(C=Cc4ccccc4)c3)cs2)c1. The molecule has 0 saturated heterocycles. The third-order valence-electron chi connectivity index (χ3n) is 4.66. The zero-order valence-corrected chi connectivity index (χ0v) is 18.3. The summed E-state index contributed by atoms with van der Waals surface area (Å²) in [6, 6.07) is 16.7. The molecule has 5 nitrogen and oxygen atoms in total. The number of ether oxygens (including phenoxy) is 1. The second-order valence-electron chi connectivity index (χ2n) is 7.15. The second kappa shape index (κ2) is 9.53. The number of nitrogens with zero attached hydrogens (tertiary/aromatic N) is 3. The number of esters is 1. The number of thiazole rings is 1. The molecule has 0 radical (unpaired) electrons. The van der Waals surface area contributed by atoms with Gasteiger partial charge in [0.2, 0.25) is 0 Å². The minimum atomic E-state index is -0.357. The fourth-order valence-electron chi connectivity index (χ4n) is 3.24. The van der Waals surface area contributed by atoms with Gasteiger partial charge in [0, 0.05) is 17.1 Å². The summed E-state index contributed by atoms with van der Waals surface area (Å²) < 4.78 is 6.72. The normalized spacial score (nSPS) is 11.2. The summed E-state index contributed by atoms with van der Waals surface area (Å²) in [6.07, 6.45) is 7.46. The first kappa shape index (κ1) is 20.8. The Morgan fingerprint density at radius 2 is 1.94 bits per heavy atom. The van der Waals surface area contributed by atoms with E-state index >= 15 is 0 Å². The molecule has 2 heterocycles. The molecule has 31 heavy (non-hydrogen) atoms. The number of carbonyl (C=O) groups excluding carboxylic acids is 1. The lowest BCUT2D eigenvalue weighted by atomic mass is 10.0. The molecular weight excluding hydrogens is 406 g/mol. The molecular formula is C25H23N3O2S. The Bertz CT molecular complexity index is 1210. The van der Waals surface area contributed by atoms with E-state index < -0.39 is 0 Å². The molecule has 0 bridgehead atoms. The highest BCUT2D eigenvalue weighted by molar-refractivity contribution is 7.09. The monoisotopic (exact) mass is 429 g/mol. The predicted molar refractivity (Wildman–Crippen MR) is 125 cm³/mol. The molecule has 0 fully saturated rings. The van der Waals surface area contributed by atoms with Gasteiger partial charge in [0.25, 0.3) is 0 Å². The van der Waals surface area contributed by atoms with Crippen LogP contribution in [0.15, 0.2) is 66.3 Å². The molecule has 0 spiro atoms. The maximum Gasteiger partial charge on any atom is 0.341 e. The minimum Gasteiger partial charge on any atom is -0.462 e. The smallest absolute Gasteiger partial charge is 0.341 e. The summed E-state index contributed by atoms with van der Waals surface area (Å²) in [7, 11) is 0. The summed E-state index contributed by atoms with van der Waals surface area (Å²) in [4.78, 5) is 16.6. The lowest BCUT2D eigenvalue weighted by Crippen LogP contribution is -2.04. The maximum atomic E-state index is 11.8. The quantitative estimate of drug-likeness (QED) is 0.279. The van der Waals surface area contributed by atoms with Gasteiger partial charge in [0.1, 0.15) is 5.01 Å². The largest absolute Gasteiger partial charge is 0.462 e. The van der Waals surface area contributed by atoms with Crippen molar-refractivity contribution < 1.29 is 9.53 Å². The fourth-order valence-corrected chi connectivity index (χ4v) is 4.03. The third-order valence-corrected chi connectivity index (χ3v) is 5.49. The highest BCUT2D eigenvalue weighted by Gasteiger charge is 2.11. The van der Waals surface area contributed by atoms with Crippen LogP contribution in [0.1, 0.15) is 39.0 Å². The molecule has 2 aromatic carbocycles. The standard InChI is InChI=1S/C25H23N3O2S/c1-3-30-25(29)22-14-26-28(15-22)16-24-27-23(17-31-24)21-12-18(2)11-20(13-21)10-9-19-7-5-4-6-8-19/h4-15,17H,3,16H2,1-2H3. The van der Waals surface area contributed by atoms with Crippen molar-refractivity contribution in [3.05, 3.63) is 93.6 Å². The van der Waals surface area contributed by atoms with E-state index in [1.807, 2.05) is 18.2 Å². The van der Waals surface area contributed by atoms with Gasteiger partial charge in [-0.2, -0.15) is 5.10 Å². The van der Waals surface area contributed by atoms with Crippen LogP contribution in [0.2, 0.25) is 0 Å². The van der Waals surface area contributed by atoms with Crippen molar-refractivity contribution in [3.63, 3.8) is 0 Å². The Hall–Kier alpha value is -3.51. The van der Waals surface area contributed by atoms with E-state index in [-0.39, 0.29) is 5.97 Å². The van der Waals surface area contributed by atoms with Crippen molar-refractivity contribution in [2.75, 3.05) is 6.61 Å². The molecule has 0 amide bonds. The molecule has 0 N–H and O–H groups in total. The van der Waals surface area contributed by atoms with E-state index in [1.165, 1.54) is 17.3 Å². The molecule has 2 aromatic heterocycles. The summed E-state index contributed by atoms with van der Waals surface area (Å²) in [6.45, 7) is 4.74. The van der Waals surface area contributed by atoms with Crippen LogP contribution in [-0.2, 0) is 11.3 Å². The third kappa shape index (κ3) is 5.35. The number of rotatable bonds is 7. The molecule has 6 heteroatoms. The molecule has 4 rings (SSSR count). The fraction of sp³-hybridized carbons (Fsp3) is 0.160. The Morgan fingerprint density at radius 1 is 1.13 bits per heavy atom. The van der Waals surface area contributed by atoms with Gasteiger partial charge in [-0.1, -0.05) is 48.6 Å². The van der Waals surface area contributed by atoms with Crippen LogP contribution in [0.4, 0.5) is 0 Å². The lowest BCUT2D eigenvalue weighted by molar-refractivity contribution is 0.0526. The molecule has 0 aliphatic carbocycles. The molecule has 0 aliphatic rings. The number of carbonyl (C=O) groups is 1. The van der Waals surface area contributed by atoms with Crippen molar-refractivity contribution >= 4 is 29.5 Å². The average molecular weight is 430 g/mol. The van der Waals surface area contributed by atoms with Crippen LogP contribution in [0.25, 0.3) is 23.4 Å². The predicted octanol–water partition coefficient (Wildman–Crippen LogP) is 5.71. The van der Waals surface area contributed by atoms with Gasteiger partial charge in [0.05, 0.1) is 30.6 Å². The van der Waals surface area contributed by atoms with Crippen LogP contribution >= 0.6 is 11.3 Å². The van der Waals surface area contributed by atoms with Crippen molar-refractivity contribution in [1.82, 2.24) is 14.8 Å². The minimum absolute atomic E-state index is 0.346. The topological polar surface area (TPSA) is 57.0 Å². The van der Waals surface area contributed by atoms with E-state index in [1.54, 1.807) is 29.1 Å². The molecule has 4 aromatic rings. The first-order valence-corrected chi connectivity index (χ1v) is 11.0. The van der Waals surface area contributed by atoms with Gasteiger partial charge >= 0.3 is 5.97 Å². The van der Waals surface area contributed by atoms with Crippen LogP contribution in [-0.4, -0.2) is 27.3 Å². The second-order valence-corrected chi connectivity index (χ2v) is 8.09. The van der Waals surface area contributed by atoms with Crippen LogP contribution in [0.3, 0.4) is 0 Å². The Kier molecular flexibility index (Phi) is 6.38. The van der Waals surface area contributed by atoms with Crippen molar-refractivity contribution in [2.24, 2.45) is 0 Å². The molecule has 0 atom stereocenters. The number of aryl methyl sites for hydroxylation is 1. The number of aromatic nitrogens is 3. The number of benzene rings is 2. The highest BCUT2D eigenvalue weighted by atomic mass is 32.1. The van der Waals surface area contributed by atoms with E-state index in [0.29, 0.717) is 18.7 Å². The molecule has 0 saturated carbocycles. The summed E-state index contributed by atoms with van der Waals surface area (Å²) in [5.41, 5.74) is 5.97. The number of hydrogen-bond donors (Lipinski definition) is 0. The maximum absolute atomic E-state index is 11.8. The molecule has 156 valence electrons. The summed E-state index contributed by atoms with van der Waals surface area (Å²) in [5, 5.41) is 7.24. The Morgan fingerprint density at radius 3 is 2.74 bits per heavy atom. The van der Waals surface area contributed by atoms with Crippen molar-refractivity contribution in [1.29, 1.82) is 0 Å². The lowest BCUT2D eigenvalue weighted by Gasteiger charge is -2.03. The van der Waals surface area contributed by atoms with Crippen molar-refractivity contribution in [2.45, 2.75) is 20.4 Å². The van der Waals surface area contributed by atoms with E-state index in [4.69, 9.17) is 9.72 Å². The highest BCUT2D eigenvalue weighted by Crippen LogP contribution is 2.25. The van der Waals surface area contributed by atoms with Gasteiger partial charge in [-0.15, -0.1) is 11.3 Å². The van der Waals surface area contributed by atoms with E-state index in [0.717, 1.165) is 21.8 Å².